The second-order valence-corrected chi connectivity index (χ2v) is 9.45. The van der Waals surface area contributed by atoms with Crippen LogP contribution in [0.25, 0.3) is 0 Å². The molecule has 0 spiro atoms. The van der Waals surface area contributed by atoms with Crippen LogP contribution in [0.15, 0.2) is 77.7 Å². The summed E-state index contributed by atoms with van der Waals surface area (Å²) in [4.78, 5) is 12.9. The molecule has 0 aliphatic rings. The van der Waals surface area contributed by atoms with Crippen LogP contribution in [0.5, 0.6) is 5.75 Å². The van der Waals surface area contributed by atoms with Gasteiger partial charge in [-0.2, -0.15) is 0 Å². The molecule has 0 saturated carbocycles. The number of ether oxygens (including phenoxy) is 1. The van der Waals surface area contributed by atoms with Crippen molar-refractivity contribution in [3.05, 3.63) is 89.7 Å². The lowest BCUT2D eigenvalue weighted by atomic mass is 10.1. The molecule has 0 saturated heterocycles. The Morgan fingerprint density at radius 3 is 2.18 bits per heavy atom. The number of carbonyl (C=O) groups excluding carboxylic acids is 1. The fraction of sp³-hybridized carbons (Fsp3) is 0.240. The van der Waals surface area contributed by atoms with Gasteiger partial charge in [-0.3, -0.25) is 9.10 Å². The van der Waals surface area contributed by atoms with Crippen LogP contribution in [0.1, 0.15) is 31.0 Å². The van der Waals surface area contributed by atoms with Crippen LogP contribution in [0.3, 0.4) is 0 Å². The minimum absolute atomic E-state index is 0.0471. The number of halogens is 1. The van der Waals surface area contributed by atoms with Crippen LogP contribution in [-0.2, 0) is 14.8 Å². The van der Waals surface area contributed by atoms with Crippen molar-refractivity contribution < 1.29 is 22.3 Å². The number of sulfonamides is 1. The Labute approximate surface area is 194 Å². The van der Waals surface area contributed by atoms with Crippen molar-refractivity contribution in [3.8, 4) is 5.75 Å². The zero-order valence-corrected chi connectivity index (χ0v) is 19.6. The fourth-order valence-corrected chi connectivity index (χ4v) is 4.70. The number of hydrogen-bond acceptors (Lipinski definition) is 4. The van der Waals surface area contributed by atoms with Gasteiger partial charge >= 0.3 is 0 Å². The molecule has 0 unspecified atom stereocenters. The minimum Gasteiger partial charge on any atom is -0.494 e. The summed E-state index contributed by atoms with van der Waals surface area (Å²) < 4.78 is 46.6. The van der Waals surface area contributed by atoms with Crippen molar-refractivity contribution in [1.82, 2.24) is 5.32 Å². The summed E-state index contributed by atoms with van der Waals surface area (Å²) in [5.41, 5.74) is 2.05. The number of nitrogens with one attached hydrogen (secondary N) is 1. The van der Waals surface area contributed by atoms with Gasteiger partial charge in [-0.1, -0.05) is 29.8 Å². The summed E-state index contributed by atoms with van der Waals surface area (Å²) in [6.45, 7) is 5.54. The number of nitrogens with zero attached hydrogens (tertiary/aromatic N) is 1. The molecule has 174 valence electrons. The second-order valence-electron chi connectivity index (χ2n) is 7.59. The highest BCUT2D eigenvalue weighted by atomic mass is 32.2. The largest absolute Gasteiger partial charge is 0.494 e. The minimum atomic E-state index is -4.03. The van der Waals surface area contributed by atoms with E-state index in [-0.39, 0.29) is 10.7 Å². The number of rotatable bonds is 9. The summed E-state index contributed by atoms with van der Waals surface area (Å²) in [5.74, 6) is -0.296. The van der Waals surface area contributed by atoms with Gasteiger partial charge in [-0.25, -0.2) is 12.8 Å². The zero-order chi connectivity index (χ0) is 24.0. The Morgan fingerprint density at radius 1 is 1.00 bits per heavy atom. The van der Waals surface area contributed by atoms with E-state index in [1.165, 1.54) is 24.3 Å². The summed E-state index contributed by atoms with van der Waals surface area (Å²) >= 11 is 0. The number of carbonyl (C=O) groups is 1. The zero-order valence-electron chi connectivity index (χ0n) is 18.8. The fourth-order valence-electron chi connectivity index (χ4n) is 3.28. The Balaban J connectivity index is 1.87. The Morgan fingerprint density at radius 2 is 1.61 bits per heavy atom. The maximum Gasteiger partial charge on any atom is 0.264 e. The number of amides is 1. The van der Waals surface area contributed by atoms with Crippen LogP contribution >= 0.6 is 0 Å². The van der Waals surface area contributed by atoms with Crippen LogP contribution in [0.2, 0.25) is 0 Å². The van der Waals surface area contributed by atoms with Crippen molar-refractivity contribution in [1.29, 1.82) is 0 Å². The van der Waals surface area contributed by atoms with Crippen molar-refractivity contribution in [2.45, 2.75) is 31.7 Å². The number of anilines is 1. The van der Waals surface area contributed by atoms with E-state index in [9.17, 15) is 17.6 Å². The smallest absolute Gasteiger partial charge is 0.264 e. The Bertz CT molecular complexity index is 1180. The summed E-state index contributed by atoms with van der Waals surface area (Å²) in [6, 6.07) is 18.3. The highest BCUT2D eigenvalue weighted by Crippen LogP contribution is 2.26. The Kier molecular flexibility index (Phi) is 7.71. The van der Waals surface area contributed by atoms with Gasteiger partial charge in [0.25, 0.3) is 10.0 Å². The summed E-state index contributed by atoms with van der Waals surface area (Å²) in [7, 11) is -4.03. The first-order valence-corrected chi connectivity index (χ1v) is 12.0. The summed E-state index contributed by atoms with van der Waals surface area (Å²) in [5, 5.41) is 2.79. The van der Waals surface area contributed by atoms with Crippen LogP contribution < -0.4 is 14.4 Å². The molecule has 1 amide bonds. The second kappa shape index (κ2) is 10.5. The number of benzene rings is 3. The number of aryl methyl sites for hydroxylation is 1. The molecule has 0 heterocycles. The van der Waals surface area contributed by atoms with Crippen molar-refractivity contribution in [2.75, 3.05) is 17.5 Å². The van der Waals surface area contributed by atoms with E-state index in [4.69, 9.17) is 4.74 Å². The molecule has 0 aliphatic carbocycles. The quantitative estimate of drug-likeness (QED) is 0.496. The van der Waals surface area contributed by atoms with Gasteiger partial charge < -0.3 is 10.1 Å². The highest BCUT2D eigenvalue weighted by molar-refractivity contribution is 7.92. The van der Waals surface area contributed by atoms with Crippen molar-refractivity contribution in [2.24, 2.45) is 0 Å². The SMILES string of the molecule is CCOc1ccc(S(=O)(=O)N(CC(=O)N[C@@H](C)c2ccc(F)cc2)c2ccc(C)cc2)cc1. The van der Waals surface area contributed by atoms with E-state index in [2.05, 4.69) is 5.32 Å². The normalized spacial score (nSPS) is 12.1. The molecule has 0 fully saturated rings. The molecule has 0 bridgehead atoms. The predicted molar refractivity (Wildman–Crippen MR) is 126 cm³/mol. The topological polar surface area (TPSA) is 75.7 Å². The molecule has 6 nitrogen and oxygen atoms in total. The van der Waals surface area contributed by atoms with Crippen molar-refractivity contribution >= 4 is 21.6 Å². The van der Waals surface area contributed by atoms with Gasteiger partial charge in [0.1, 0.15) is 18.1 Å². The molecule has 3 aromatic carbocycles. The molecule has 33 heavy (non-hydrogen) atoms. The lowest BCUT2D eigenvalue weighted by Crippen LogP contribution is -2.41. The van der Waals surface area contributed by atoms with Crippen LogP contribution in [0, 0.1) is 12.7 Å². The Hall–Kier alpha value is -3.39. The van der Waals surface area contributed by atoms with Gasteiger partial charge in [0.15, 0.2) is 0 Å². The first kappa shape index (κ1) is 24.3. The average molecular weight is 471 g/mol. The molecule has 1 N–H and O–H groups in total. The highest BCUT2D eigenvalue weighted by Gasteiger charge is 2.28. The van der Waals surface area contributed by atoms with E-state index in [0.717, 1.165) is 9.87 Å². The van der Waals surface area contributed by atoms with E-state index >= 15 is 0 Å². The van der Waals surface area contributed by atoms with Gasteiger partial charge in [-0.05, 0) is 74.9 Å². The van der Waals surface area contributed by atoms with Crippen LogP contribution in [-0.4, -0.2) is 27.5 Å². The van der Waals surface area contributed by atoms with Gasteiger partial charge in [0.05, 0.1) is 23.2 Å². The van der Waals surface area contributed by atoms with E-state index < -0.39 is 28.5 Å². The van der Waals surface area contributed by atoms with E-state index in [1.54, 1.807) is 55.5 Å². The van der Waals surface area contributed by atoms with E-state index in [1.807, 2.05) is 13.8 Å². The molecule has 0 radical (unpaired) electrons. The van der Waals surface area contributed by atoms with Crippen molar-refractivity contribution in [3.63, 3.8) is 0 Å². The molecular weight excluding hydrogens is 443 g/mol. The van der Waals surface area contributed by atoms with Gasteiger partial charge in [-0.15, -0.1) is 0 Å². The van der Waals surface area contributed by atoms with Gasteiger partial charge in [0, 0.05) is 0 Å². The molecule has 0 aliphatic heterocycles. The third-order valence-corrected chi connectivity index (χ3v) is 6.87. The third kappa shape index (κ3) is 6.10. The molecule has 3 rings (SSSR count). The molecular formula is C25H27FN2O4S. The maximum atomic E-state index is 13.5. The first-order valence-electron chi connectivity index (χ1n) is 10.6. The van der Waals surface area contributed by atoms with E-state index in [0.29, 0.717) is 23.6 Å². The molecule has 0 aromatic heterocycles. The lowest BCUT2D eigenvalue weighted by Gasteiger charge is -2.25. The standard InChI is InChI=1S/C25H27FN2O4S/c1-4-32-23-13-15-24(16-14-23)33(30,31)28(22-11-5-18(2)6-12-22)17-25(29)27-19(3)20-7-9-21(26)10-8-20/h5-16,19H,4,17H2,1-3H3,(H,27,29)/t19-/m0/s1. The maximum absolute atomic E-state index is 13.5. The molecule has 8 heteroatoms. The third-order valence-electron chi connectivity index (χ3n) is 5.08. The summed E-state index contributed by atoms with van der Waals surface area (Å²) in [6.07, 6.45) is 0. The van der Waals surface area contributed by atoms with Crippen LogP contribution in [0.4, 0.5) is 10.1 Å². The number of hydrogen-bond donors (Lipinski definition) is 1. The molecule has 3 aromatic rings. The monoisotopic (exact) mass is 470 g/mol. The average Bonchev–Trinajstić information content (AvgIpc) is 2.79. The predicted octanol–water partition coefficient (Wildman–Crippen LogP) is 4.61. The first-order chi connectivity index (χ1) is 15.7. The lowest BCUT2D eigenvalue weighted by molar-refractivity contribution is -0.120. The van der Waals surface area contributed by atoms with Gasteiger partial charge in [0.2, 0.25) is 5.91 Å². The molecule has 1 atom stereocenters.